The molecule has 1 fully saturated rings. The van der Waals surface area contributed by atoms with Gasteiger partial charge in [0.05, 0.1) is 14.2 Å². The number of carbonyl (C=O) groups is 2. The van der Waals surface area contributed by atoms with Gasteiger partial charge in [-0.25, -0.2) is 4.79 Å². The second-order valence-corrected chi connectivity index (χ2v) is 13.2. The lowest BCUT2D eigenvalue weighted by Crippen LogP contribution is -2.50. The van der Waals surface area contributed by atoms with E-state index < -0.39 is 66.3 Å². The second-order valence-electron chi connectivity index (χ2n) is 13.2. The third-order valence-electron chi connectivity index (χ3n) is 9.64. The van der Waals surface area contributed by atoms with Crippen LogP contribution in [0.2, 0.25) is 0 Å². The monoisotopic (exact) mass is 802 g/mol. The minimum absolute atomic E-state index is 0.0916. The fourth-order valence-electron chi connectivity index (χ4n) is 6.81. The summed E-state index contributed by atoms with van der Waals surface area (Å²) in [5, 5.41) is 13.7. The van der Waals surface area contributed by atoms with Crippen LogP contribution in [-0.4, -0.2) is 84.3 Å². The fourth-order valence-corrected chi connectivity index (χ4v) is 6.81. The molecular weight excluding hydrogens is 761 g/mol. The van der Waals surface area contributed by atoms with Crippen LogP contribution in [0.25, 0.3) is 0 Å². The highest BCUT2D eigenvalue weighted by Crippen LogP contribution is 2.45. The van der Waals surface area contributed by atoms with Gasteiger partial charge in [-0.2, -0.15) is 18.2 Å². The van der Waals surface area contributed by atoms with E-state index in [0.29, 0.717) is 28.2 Å². The number of halogens is 3. The van der Waals surface area contributed by atoms with Crippen molar-refractivity contribution < 1.29 is 51.6 Å². The topological polar surface area (TPSA) is 173 Å². The molecule has 0 bridgehead atoms. The van der Waals surface area contributed by atoms with Crippen molar-refractivity contribution in [3.05, 3.63) is 154 Å². The van der Waals surface area contributed by atoms with E-state index in [1.165, 1.54) is 26.5 Å². The zero-order chi connectivity index (χ0) is 41.5. The van der Waals surface area contributed by atoms with Crippen LogP contribution in [0, 0.1) is 0 Å². The molecule has 58 heavy (non-hydrogen) atoms. The van der Waals surface area contributed by atoms with Gasteiger partial charge < -0.3 is 39.8 Å². The summed E-state index contributed by atoms with van der Waals surface area (Å²) >= 11 is 0. The molecule has 16 heteroatoms. The van der Waals surface area contributed by atoms with Crippen LogP contribution >= 0.6 is 0 Å². The van der Waals surface area contributed by atoms with Crippen molar-refractivity contribution in [2.45, 2.75) is 48.8 Å². The van der Waals surface area contributed by atoms with Crippen molar-refractivity contribution in [1.82, 2.24) is 14.9 Å². The number of benzene rings is 4. The molecule has 1 saturated heterocycles. The molecule has 4 aromatic carbocycles. The molecule has 304 valence electrons. The Bertz CT molecular complexity index is 2160. The number of nitrogens with one attached hydrogen (secondary N) is 1. The summed E-state index contributed by atoms with van der Waals surface area (Å²) in [6.07, 6.45) is -11.7. The Labute approximate surface area is 331 Å². The molecule has 0 saturated carbocycles. The molecule has 2 heterocycles. The highest BCUT2D eigenvalue weighted by molar-refractivity contribution is 6.00. The van der Waals surface area contributed by atoms with Crippen LogP contribution in [0.4, 0.5) is 19.0 Å². The summed E-state index contributed by atoms with van der Waals surface area (Å²) in [7, 11) is 3.05. The number of nitrogens with zero attached hydrogens (tertiary/aromatic N) is 2. The third kappa shape index (κ3) is 8.89. The molecule has 1 amide bonds. The fraction of sp³-hybridized carbons (Fsp3) is 0.286. The lowest BCUT2D eigenvalue weighted by Gasteiger charge is -2.40. The molecule has 1 aliphatic heterocycles. The number of nitrogen functional groups attached to an aromatic ring is 1. The Morgan fingerprint density at radius 2 is 1.41 bits per heavy atom. The number of hydrogen-bond acceptors (Lipinski definition) is 11. The van der Waals surface area contributed by atoms with Gasteiger partial charge in [-0.3, -0.25) is 14.2 Å². The Morgan fingerprint density at radius 1 is 0.862 bits per heavy atom. The molecule has 6 rings (SSSR count). The average Bonchev–Trinajstić information content (AvgIpc) is 3.55. The van der Waals surface area contributed by atoms with Crippen LogP contribution in [0.5, 0.6) is 11.5 Å². The van der Waals surface area contributed by atoms with Crippen LogP contribution < -0.4 is 26.2 Å². The van der Waals surface area contributed by atoms with Crippen molar-refractivity contribution >= 4 is 17.5 Å². The van der Waals surface area contributed by atoms with E-state index >= 15 is 4.79 Å². The molecule has 1 aliphatic rings. The zero-order valence-electron chi connectivity index (χ0n) is 31.4. The highest BCUT2D eigenvalue weighted by atomic mass is 19.4. The van der Waals surface area contributed by atoms with Crippen LogP contribution in [0.15, 0.2) is 126 Å². The molecule has 0 radical (unpaired) electrons. The third-order valence-corrected chi connectivity index (χ3v) is 9.64. The van der Waals surface area contributed by atoms with Gasteiger partial charge in [0.25, 0.3) is 0 Å². The number of hydrogen-bond donors (Lipinski definition) is 3. The molecule has 13 nitrogen and oxygen atoms in total. The lowest BCUT2D eigenvalue weighted by molar-refractivity contribution is -0.173. The Morgan fingerprint density at radius 3 is 1.95 bits per heavy atom. The van der Waals surface area contributed by atoms with Gasteiger partial charge in [0, 0.05) is 24.9 Å². The number of methoxy groups -OCH3 is 2. The van der Waals surface area contributed by atoms with Crippen molar-refractivity contribution in [2.75, 3.05) is 33.1 Å². The normalized spacial score (nSPS) is 18.7. The predicted octanol–water partition coefficient (Wildman–Crippen LogP) is 4.82. The molecular formula is C42H41F3N4O9. The first-order valence-corrected chi connectivity index (χ1v) is 18.1. The molecule has 5 aromatic rings. The van der Waals surface area contributed by atoms with Crippen LogP contribution in [-0.2, 0) is 24.6 Å². The largest absolute Gasteiger partial charge is 0.497 e. The molecule has 5 atom stereocenters. The maximum atomic E-state index is 15.0. The number of alkyl halides is 3. The molecule has 0 aliphatic carbocycles. The van der Waals surface area contributed by atoms with Crippen LogP contribution in [0.1, 0.15) is 39.7 Å². The number of nitrogens with two attached hydrogens (primary N) is 1. The van der Waals surface area contributed by atoms with Gasteiger partial charge in [-0.05, 0) is 53.4 Å². The number of Topliss-reactive ketones (excluding diaryl/α,β-unsaturated/α-hetero) is 1. The number of amides is 1. The van der Waals surface area contributed by atoms with Crippen molar-refractivity contribution in [3.8, 4) is 11.5 Å². The van der Waals surface area contributed by atoms with Crippen molar-refractivity contribution in [2.24, 2.45) is 0 Å². The standard InChI is InChI=1S/C42H41F3N4O9/c1-54-30-18-14-28(15-19-30)41(27-12-7-4-8-13-27,29-16-20-31(55-2)21-17-29)58-36(33(50)26-10-5-3-6-11-26)37-35(56-25-9-23-47-39(52)42(43,44)45)34(51)38(57-37)49-24-22-32(46)48-40(49)53/h3-8,10-22,24,34-38,51H,9,23,25H2,1-2H3,(H,47,52)(H2,46,48,53)/t34-,35+,36?,37+,38-/m1/s1. The molecule has 0 spiro atoms. The van der Waals surface area contributed by atoms with Gasteiger partial charge in [0.2, 0.25) is 0 Å². The summed E-state index contributed by atoms with van der Waals surface area (Å²) < 4.78 is 70.4. The van der Waals surface area contributed by atoms with E-state index in [4.69, 9.17) is 29.4 Å². The van der Waals surface area contributed by atoms with E-state index in [0.717, 1.165) is 4.57 Å². The first kappa shape index (κ1) is 41.6. The number of anilines is 1. The minimum atomic E-state index is -5.09. The van der Waals surface area contributed by atoms with Gasteiger partial charge >= 0.3 is 17.8 Å². The summed E-state index contributed by atoms with van der Waals surface area (Å²) in [4.78, 5) is 43.4. The quantitative estimate of drug-likeness (QED) is 0.0710. The Hall–Kier alpha value is -6.07. The average molecular weight is 803 g/mol. The number of aliphatic hydroxyl groups is 1. The lowest BCUT2D eigenvalue weighted by atomic mass is 9.79. The van der Waals surface area contributed by atoms with Gasteiger partial charge in [-0.15, -0.1) is 0 Å². The Balaban J connectivity index is 1.51. The molecule has 1 unspecified atom stereocenters. The number of aromatic nitrogens is 2. The van der Waals surface area contributed by atoms with Gasteiger partial charge in [0.1, 0.15) is 41.2 Å². The van der Waals surface area contributed by atoms with E-state index in [9.17, 15) is 27.9 Å². The molecule has 4 N–H and O–H groups in total. The summed E-state index contributed by atoms with van der Waals surface area (Å²) in [6.45, 7) is -0.735. The zero-order valence-corrected chi connectivity index (χ0v) is 31.4. The summed E-state index contributed by atoms with van der Waals surface area (Å²) in [5.41, 5.74) is 5.18. The Kier molecular flexibility index (Phi) is 12.9. The maximum Gasteiger partial charge on any atom is 0.471 e. The SMILES string of the molecule is COc1ccc(C(OC(C(=O)c2ccccc2)[C@H]2O[C@@H](n3ccc(N)nc3=O)[C@H](O)[C@@H]2OCCCNC(=O)C(F)(F)F)(c2ccccc2)c2ccc(OC)cc2)cc1. The number of carbonyl (C=O) groups excluding carboxylic acids is 2. The van der Waals surface area contributed by atoms with Crippen LogP contribution in [0.3, 0.4) is 0 Å². The number of ketones is 1. The highest BCUT2D eigenvalue weighted by Gasteiger charge is 2.54. The van der Waals surface area contributed by atoms with Gasteiger partial charge in [-0.1, -0.05) is 84.9 Å². The molecule has 1 aromatic heterocycles. The first-order valence-electron chi connectivity index (χ1n) is 18.1. The van der Waals surface area contributed by atoms with Gasteiger partial charge in [0.15, 0.2) is 18.1 Å². The minimum Gasteiger partial charge on any atom is -0.497 e. The number of rotatable bonds is 16. The predicted molar refractivity (Wildman–Crippen MR) is 204 cm³/mol. The number of ether oxygens (including phenoxy) is 5. The van der Waals surface area contributed by atoms with E-state index in [2.05, 4.69) is 4.98 Å². The van der Waals surface area contributed by atoms with Crippen molar-refractivity contribution in [1.29, 1.82) is 0 Å². The second kappa shape index (κ2) is 18.0. The number of aliphatic hydroxyl groups excluding tert-OH is 1. The summed E-state index contributed by atoms with van der Waals surface area (Å²) in [5.74, 6) is -1.71. The van der Waals surface area contributed by atoms with E-state index in [-0.39, 0.29) is 24.4 Å². The smallest absolute Gasteiger partial charge is 0.471 e. The van der Waals surface area contributed by atoms with E-state index in [1.54, 1.807) is 84.2 Å². The summed E-state index contributed by atoms with van der Waals surface area (Å²) in [6, 6.07) is 32.8. The van der Waals surface area contributed by atoms with Crippen molar-refractivity contribution in [3.63, 3.8) is 0 Å². The first-order chi connectivity index (χ1) is 27.9. The van der Waals surface area contributed by atoms with E-state index in [1.807, 2.05) is 30.3 Å². The maximum absolute atomic E-state index is 15.0.